The number of hydrogen-bond donors (Lipinski definition) is 3. The minimum atomic E-state index is -1.30. The highest BCUT2D eigenvalue weighted by Gasteiger charge is 2.28. The number of carbonyl (C=O) groups is 2. The highest BCUT2D eigenvalue weighted by molar-refractivity contribution is 7.98. The molecule has 0 saturated heterocycles. The molecular formula is C12H16N2O3S. The summed E-state index contributed by atoms with van der Waals surface area (Å²) in [7, 11) is 0. The van der Waals surface area contributed by atoms with Gasteiger partial charge in [0.15, 0.2) is 0 Å². The molecular weight excluding hydrogens is 252 g/mol. The zero-order valence-corrected chi connectivity index (χ0v) is 11.3. The molecule has 3 N–H and O–H groups in total. The smallest absolute Gasteiger partial charge is 0.328 e. The molecule has 1 aromatic carbocycles. The Balaban J connectivity index is 2.67. The Morgan fingerprint density at radius 1 is 1.33 bits per heavy atom. The largest absolute Gasteiger partial charge is 0.480 e. The van der Waals surface area contributed by atoms with Gasteiger partial charge in [-0.25, -0.2) is 9.59 Å². The summed E-state index contributed by atoms with van der Waals surface area (Å²) in [6.45, 7) is 2.85. The molecule has 0 heterocycles. The normalized spacial score (nSPS) is 10.8. The highest BCUT2D eigenvalue weighted by atomic mass is 32.2. The van der Waals surface area contributed by atoms with Crippen LogP contribution in [0, 0.1) is 0 Å². The van der Waals surface area contributed by atoms with E-state index in [9.17, 15) is 9.59 Å². The van der Waals surface area contributed by atoms with E-state index in [4.69, 9.17) is 5.11 Å². The third kappa shape index (κ3) is 3.96. The lowest BCUT2D eigenvalue weighted by Crippen LogP contribution is -2.51. The van der Waals surface area contributed by atoms with Crippen molar-refractivity contribution in [2.75, 3.05) is 11.6 Å². The Morgan fingerprint density at radius 2 is 2.00 bits per heavy atom. The number of thioether (sulfide) groups is 1. The molecule has 0 saturated carbocycles. The summed E-state index contributed by atoms with van der Waals surface area (Å²) in [5.74, 6) is -1.09. The number of benzene rings is 1. The predicted octanol–water partition coefficient (Wildman–Crippen LogP) is 2.39. The first-order valence-electron chi connectivity index (χ1n) is 5.32. The van der Waals surface area contributed by atoms with Crippen LogP contribution in [-0.4, -0.2) is 28.9 Å². The van der Waals surface area contributed by atoms with Crippen molar-refractivity contribution >= 4 is 29.4 Å². The summed E-state index contributed by atoms with van der Waals surface area (Å²) in [4.78, 5) is 23.5. The number of carbonyl (C=O) groups excluding carboxylic acids is 1. The zero-order chi connectivity index (χ0) is 13.8. The Bertz CT molecular complexity index is 460. The van der Waals surface area contributed by atoms with Crippen molar-refractivity contribution in [2.45, 2.75) is 24.3 Å². The van der Waals surface area contributed by atoms with Crippen LogP contribution in [0.1, 0.15) is 13.8 Å². The predicted molar refractivity (Wildman–Crippen MR) is 72.1 cm³/mol. The second-order valence-corrected chi connectivity index (χ2v) is 5.12. The number of hydrogen-bond acceptors (Lipinski definition) is 3. The minimum absolute atomic E-state index is 0.541. The van der Waals surface area contributed by atoms with Crippen LogP contribution in [0.5, 0.6) is 0 Å². The van der Waals surface area contributed by atoms with Gasteiger partial charge in [0.1, 0.15) is 5.54 Å². The Kier molecular flexibility index (Phi) is 4.61. The Morgan fingerprint density at radius 3 is 2.56 bits per heavy atom. The number of nitrogens with one attached hydrogen (secondary N) is 2. The molecule has 2 amide bonds. The quantitative estimate of drug-likeness (QED) is 0.733. The van der Waals surface area contributed by atoms with E-state index in [1.807, 2.05) is 24.5 Å². The van der Waals surface area contributed by atoms with Crippen LogP contribution in [0.4, 0.5) is 10.5 Å². The average molecular weight is 268 g/mol. The van der Waals surface area contributed by atoms with Gasteiger partial charge in [-0.3, -0.25) is 0 Å². The van der Waals surface area contributed by atoms with E-state index in [0.29, 0.717) is 5.69 Å². The molecule has 98 valence electrons. The molecule has 0 fully saturated rings. The SMILES string of the molecule is CSc1cccc(NC(=O)NC(C)(C)C(=O)O)c1. The van der Waals surface area contributed by atoms with Gasteiger partial charge in [0.25, 0.3) is 0 Å². The van der Waals surface area contributed by atoms with Crippen molar-refractivity contribution < 1.29 is 14.7 Å². The van der Waals surface area contributed by atoms with E-state index >= 15 is 0 Å². The number of carboxylic acids is 1. The van der Waals surface area contributed by atoms with Crippen LogP contribution in [0.2, 0.25) is 0 Å². The van der Waals surface area contributed by atoms with Crippen LogP contribution < -0.4 is 10.6 Å². The van der Waals surface area contributed by atoms with Crippen LogP contribution in [-0.2, 0) is 4.79 Å². The summed E-state index contributed by atoms with van der Waals surface area (Å²) in [5.41, 5.74) is -0.679. The maximum absolute atomic E-state index is 11.6. The molecule has 18 heavy (non-hydrogen) atoms. The molecule has 0 aliphatic carbocycles. The molecule has 1 rings (SSSR count). The molecule has 0 aliphatic heterocycles. The fourth-order valence-corrected chi connectivity index (χ4v) is 1.66. The standard InChI is InChI=1S/C12H16N2O3S/c1-12(2,10(15)16)14-11(17)13-8-5-4-6-9(7-8)18-3/h4-7H,1-3H3,(H,15,16)(H2,13,14,17). The monoisotopic (exact) mass is 268 g/mol. The fraction of sp³-hybridized carbons (Fsp3) is 0.333. The number of carboxylic acid groups (broad SMARTS) is 1. The van der Waals surface area contributed by atoms with Crippen LogP contribution in [0.3, 0.4) is 0 Å². The molecule has 6 heteroatoms. The topological polar surface area (TPSA) is 78.4 Å². The summed E-state index contributed by atoms with van der Waals surface area (Å²) >= 11 is 1.56. The van der Waals surface area contributed by atoms with E-state index in [2.05, 4.69) is 10.6 Å². The van der Waals surface area contributed by atoms with E-state index in [0.717, 1.165) is 4.90 Å². The Labute approximate surface area is 110 Å². The molecule has 0 aliphatic rings. The van der Waals surface area contributed by atoms with E-state index in [1.54, 1.807) is 17.8 Å². The molecule has 0 bridgehead atoms. The third-order valence-electron chi connectivity index (χ3n) is 2.29. The second-order valence-electron chi connectivity index (χ2n) is 4.24. The number of rotatable bonds is 4. The van der Waals surface area contributed by atoms with Crippen molar-refractivity contribution in [2.24, 2.45) is 0 Å². The molecule has 0 unspecified atom stereocenters. The second kappa shape index (κ2) is 5.77. The van der Waals surface area contributed by atoms with Gasteiger partial charge in [-0.1, -0.05) is 6.07 Å². The first kappa shape index (κ1) is 14.4. The molecule has 1 aromatic rings. The number of amides is 2. The zero-order valence-electron chi connectivity index (χ0n) is 10.5. The molecule has 0 radical (unpaired) electrons. The van der Waals surface area contributed by atoms with Gasteiger partial charge in [0.05, 0.1) is 0 Å². The molecule has 0 spiro atoms. The van der Waals surface area contributed by atoms with Gasteiger partial charge < -0.3 is 15.7 Å². The van der Waals surface area contributed by atoms with Crippen LogP contribution in [0.25, 0.3) is 0 Å². The van der Waals surface area contributed by atoms with Gasteiger partial charge in [-0.2, -0.15) is 0 Å². The fourth-order valence-electron chi connectivity index (χ4n) is 1.20. The van der Waals surface area contributed by atoms with Gasteiger partial charge in [-0.15, -0.1) is 11.8 Å². The van der Waals surface area contributed by atoms with Gasteiger partial charge in [-0.05, 0) is 38.3 Å². The lowest BCUT2D eigenvalue weighted by molar-refractivity contribution is -0.142. The third-order valence-corrected chi connectivity index (χ3v) is 3.01. The summed E-state index contributed by atoms with van der Waals surface area (Å²) in [5, 5.41) is 13.9. The van der Waals surface area contributed by atoms with E-state index in [-0.39, 0.29) is 0 Å². The van der Waals surface area contributed by atoms with Crippen molar-refractivity contribution in [1.29, 1.82) is 0 Å². The molecule has 5 nitrogen and oxygen atoms in total. The number of anilines is 1. The summed E-state index contributed by atoms with van der Waals surface area (Å²) in [6, 6.07) is 6.77. The first-order valence-corrected chi connectivity index (χ1v) is 6.54. The van der Waals surface area contributed by atoms with E-state index < -0.39 is 17.5 Å². The van der Waals surface area contributed by atoms with Crippen molar-refractivity contribution in [1.82, 2.24) is 5.32 Å². The number of aliphatic carboxylic acids is 1. The van der Waals surface area contributed by atoms with Crippen molar-refractivity contribution in [3.05, 3.63) is 24.3 Å². The minimum Gasteiger partial charge on any atom is -0.480 e. The highest BCUT2D eigenvalue weighted by Crippen LogP contribution is 2.18. The van der Waals surface area contributed by atoms with Gasteiger partial charge in [0.2, 0.25) is 0 Å². The molecule has 0 aromatic heterocycles. The maximum Gasteiger partial charge on any atom is 0.328 e. The maximum atomic E-state index is 11.6. The lowest BCUT2D eigenvalue weighted by Gasteiger charge is -2.21. The lowest BCUT2D eigenvalue weighted by atomic mass is 10.1. The molecule has 0 atom stereocenters. The summed E-state index contributed by atoms with van der Waals surface area (Å²) < 4.78 is 0. The van der Waals surface area contributed by atoms with E-state index in [1.165, 1.54) is 13.8 Å². The average Bonchev–Trinajstić information content (AvgIpc) is 2.28. The van der Waals surface area contributed by atoms with Crippen LogP contribution >= 0.6 is 11.8 Å². The first-order chi connectivity index (χ1) is 8.35. The van der Waals surface area contributed by atoms with Crippen molar-refractivity contribution in [3.63, 3.8) is 0 Å². The van der Waals surface area contributed by atoms with Gasteiger partial charge >= 0.3 is 12.0 Å². The number of urea groups is 1. The van der Waals surface area contributed by atoms with Gasteiger partial charge in [0, 0.05) is 10.6 Å². The summed E-state index contributed by atoms with van der Waals surface area (Å²) in [6.07, 6.45) is 1.94. The Hall–Kier alpha value is -1.69. The van der Waals surface area contributed by atoms with Crippen molar-refractivity contribution in [3.8, 4) is 0 Å². The van der Waals surface area contributed by atoms with Crippen LogP contribution in [0.15, 0.2) is 29.2 Å².